The van der Waals surface area contributed by atoms with E-state index in [2.05, 4.69) is 4.74 Å². The van der Waals surface area contributed by atoms with Crippen molar-refractivity contribution in [2.45, 2.75) is 41.0 Å². The third kappa shape index (κ3) is 6.87. The highest BCUT2D eigenvalue weighted by Crippen LogP contribution is 2.26. The molecule has 0 fully saturated rings. The molecule has 0 aliphatic carbocycles. The average molecular weight is 248 g/mol. The predicted molar refractivity (Wildman–Crippen MR) is 63.0 cm³/mol. The van der Waals surface area contributed by atoms with Gasteiger partial charge in [0, 0.05) is 0 Å². The van der Waals surface area contributed by atoms with Crippen LogP contribution in [0.15, 0.2) is 24.3 Å². The Morgan fingerprint density at radius 3 is 2.18 bits per heavy atom. The lowest BCUT2D eigenvalue weighted by molar-refractivity contribution is -0.274. The summed E-state index contributed by atoms with van der Waals surface area (Å²) in [6.07, 6.45) is -3.91. The molecule has 0 aromatic heterocycles. The SMILES string of the molecule is C.CC(C)(C)Cc1cccc(OC(F)(F)F)c1. The summed E-state index contributed by atoms with van der Waals surface area (Å²) in [5, 5.41) is 0. The van der Waals surface area contributed by atoms with Crippen LogP contribution in [-0.2, 0) is 6.42 Å². The molecule has 0 atom stereocenters. The predicted octanol–water partition coefficient (Wildman–Crippen LogP) is 4.81. The molecule has 0 heterocycles. The van der Waals surface area contributed by atoms with E-state index in [1.807, 2.05) is 20.8 Å². The fourth-order valence-electron chi connectivity index (χ4n) is 1.46. The van der Waals surface area contributed by atoms with Crippen LogP contribution in [-0.4, -0.2) is 6.36 Å². The molecule has 0 saturated carbocycles. The van der Waals surface area contributed by atoms with Crippen LogP contribution in [0.2, 0.25) is 0 Å². The van der Waals surface area contributed by atoms with Crippen LogP contribution in [0.4, 0.5) is 13.2 Å². The minimum absolute atomic E-state index is 0. The fourth-order valence-corrected chi connectivity index (χ4v) is 1.46. The van der Waals surface area contributed by atoms with Gasteiger partial charge in [-0.2, -0.15) is 0 Å². The van der Waals surface area contributed by atoms with Crippen molar-refractivity contribution in [2.24, 2.45) is 5.41 Å². The van der Waals surface area contributed by atoms with E-state index < -0.39 is 6.36 Å². The first-order chi connectivity index (χ1) is 7.16. The van der Waals surface area contributed by atoms with E-state index >= 15 is 0 Å². The second-order valence-corrected chi connectivity index (χ2v) is 4.93. The number of ether oxygens (including phenoxy) is 1. The Balaban J connectivity index is 0.00000256. The molecule has 17 heavy (non-hydrogen) atoms. The molecule has 1 aromatic rings. The van der Waals surface area contributed by atoms with Crippen molar-refractivity contribution in [2.75, 3.05) is 0 Å². The van der Waals surface area contributed by atoms with Gasteiger partial charge in [0.05, 0.1) is 0 Å². The summed E-state index contributed by atoms with van der Waals surface area (Å²) in [5.74, 6) is -0.158. The van der Waals surface area contributed by atoms with Gasteiger partial charge in [-0.05, 0) is 29.5 Å². The molecule has 0 amide bonds. The second-order valence-electron chi connectivity index (χ2n) is 4.93. The minimum Gasteiger partial charge on any atom is -0.406 e. The van der Waals surface area contributed by atoms with Crippen LogP contribution >= 0.6 is 0 Å². The summed E-state index contributed by atoms with van der Waals surface area (Å²) in [4.78, 5) is 0. The number of hydrogen-bond donors (Lipinski definition) is 0. The van der Waals surface area contributed by atoms with Crippen molar-refractivity contribution in [3.63, 3.8) is 0 Å². The zero-order valence-electron chi connectivity index (χ0n) is 9.56. The van der Waals surface area contributed by atoms with Crippen LogP contribution in [0, 0.1) is 5.41 Å². The minimum atomic E-state index is -4.62. The van der Waals surface area contributed by atoms with E-state index in [1.165, 1.54) is 12.1 Å². The number of benzene rings is 1. The van der Waals surface area contributed by atoms with Crippen molar-refractivity contribution in [3.05, 3.63) is 29.8 Å². The van der Waals surface area contributed by atoms with E-state index in [-0.39, 0.29) is 18.6 Å². The smallest absolute Gasteiger partial charge is 0.406 e. The first kappa shape index (κ1) is 15.8. The third-order valence-electron chi connectivity index (χ3n) is 1.87. The molecule has 98 valence electrons. The molecule has 1 nitrogen and oxygen atoms in total. The fraction of sp³-hybridized carbons (Fsp3) is 0.538. The summed E-state index contributed by atoms with van der Waals surface area (Å²) in [7, 11) is 0. The second kappa shape index (κ2) is 5.43. The Morgan fingerprint density at radius 1 is 1.12 bits per heavy atom. The molecule has 1 aromatic carbocycles. The van der Waals surface area contributed by atoms with E-state index in [1.54, 1.807) is 12.1 Å². The van der Waals surface area contributed by atoms with Gasteiger partial charge in [-0.1, -0.05) is 40.3 Å². The summed E-state index contributed by atoms with van der Waals surface area (Å²) >= 11 is 0. The summed E-state index contributed by atoms with van der Waals surface area (Å²) < 4.78 is 39.8. The van der Waals surface area contributed by atoms with E-state index in [9.17, 15) is 13.2 Å². The van der Waals surface area contributed by atoms with Crippen LogP contribution in [0.1, 0.15) is 33.8 Å². The average Bonchev–Trinajstić information content (AvgIpc) is 1.96. The van der Waals surface area contributed by atoms with Crippen LogP contribution in [0.5, 0.6) is 5.75 Å². The molecule has 0 aliphatic rings. The first-order valence-corrected chi connectivity index (χ1v) is 5.00. The molecular formula is C13H19F3O. The highest BCUT2D eigenvalue weighted by Gasteiger charge is 2.31. The Kier molecular flexibility index (Phi) is 5.05. The zero-order valence-corrected chi connectivity index (χ0v) is 9.56. The van der Waals surface area contributed by atoms with Crippen molar-refractivity contribution in [3.8, 4) is 5.75 Å². The van der Waals surface area contributed by atoms with Gasteiger partial charge in [-0.15, -0.1) is 13.2 Å². The van der Waals surface area contributed by atoms with Crippen molar-refractivity contribution in [1.29, 1.82) is 0 Å². The van der Waals surface area contributed by atoms with Gasteiger partial charge in [0.25, 0.3) is 0 Å². The molecule has 0 bridgehead atoms. The lowest BCUT2D eigenvalue weighted by Crippen LogP contribution is -2.17. The van der Waals surface area contributed by atoms with Crippen LogP contribution < -0.4 is 4.74 Å². The molecule has 0 aliphatic heterocycles. The standard InChI is InChI=1S/C12H15F3O.CH4/c1-11(2,3)8-9-5-4-6-10(7-9)16-12(13,14)15;/h4-7H,8H2,1-3H3;1H4. The maximum Gasteiger partial charge on any atom is 0.573 e. The monoisotopic (exact) mass is 248 g/mol. The molecule has 1 rings (SSSR count). The quantitative estimate of drug-likeness (QED) is 0.729. The van der Waals surface area contributed by atoms with Gasteiger partial charge in [0.2, 0.25) is 0 Å². The lowest BCUT2D eigenvalue weighted by Gasteiger charge is -2.18. The highest BCUT2D eigenvalue weighted by atomic mass is 19.4. The summed E-state index contributed by atoms with van der Waals surface area (Å²) in [5.41, 5.74) is 0.880. The number of rotatable bonds is 2. The molecule has 0 N–H and O–H groups in total. The van der Waals surface area contributed by atoms with Crippen molar-refractivity contribution < 1.29 is 17.9 Å². The van der Waals surface area contributed by atoms with Crippen molar-refractivity contribution >= 4 is 0 Å². The van der Waals surface area contributed by atoms with E-state index in [0.717, 1.165) is 5.56 Å². The van der Waals surface area contributed by atoms with Gasteiger partial charge in [0.1, 0.15) is 5.75 Å². The normalized spacial score (nSPS) is 11.9. The molecule has 0 radical (unpaired) electrons. The van der Waals surface area contributed by atoms with Gasteiger partial charge in [-0.25, -0.2) is 0 Å². The van der Waals surface area contributed by atoms with E-state index in [4.69, 9.17) is 0 Å². The van der Waals surface area contributed by atoms with Crippen LogP contribution in [0.3, 0.4) is 0 Å². The van der Waals surface area contributed by atoms with Crippen molar-refractivity contribution in [1.82, 2.24) is 0 Å². The van der Waals surface area contributed by atoms with Gasteiger partial charge < -0.3 is 4.74 Å². The topological polar surface area (TPSA) is 9.23 Å². The molecular weight excluding hydrogens is 229 g/mol. The van der Waals surface area contributed by atoms with Crippen LogP contribution in [0.25, 0.3) is 0 Å². The maximum atomic E-state index is 12.0. The number of hydrogen-bond acceptors (Lipinski definition) is 1. The van der Waals surface area contributed by atoms with Gasteiger partial charge in [0.15, 0.2) is 0 Å². The third-order valence-corrected chi connectivity index (χ3v) is 1.87. The van der Waals surface area contributed by atoms with Gasteiger partial charge >= 0.3 is 6.36 Å². The zero-order chi connectivity index (χ0) is 12.4. The highest BCUT2D eigenvalue weighted by molar-refractivity contribution is 5.29. The largest absolute Gasteiger partial charge is 0.573 e. The number of alkyl halides is 3. The Bertz CT molecular complexity index is 319. The summed E-state index contributed by atoms with van der Waals surface area (Å²) in [6.45, 7) is 6.10. The maximum absolute atomic E-state index is 12.0. The Morgan fingerprint density at radius 2 is 1.71 bits per heavy atom. The van der Waals surface area contributed by atoms with Gasteiger partial charge in [-0.3, -0.25) is 0 Å². The number of halogens is 3. The molecule has 0 saturated heterocycles. The molecule has 0 spiro atoms. The first-order valence-electron chi connectivity index (χ1n) is 5.00. The van der Waals surface area contributed by atoms with E-state index in [0.29, 0.717) is 6.42 Å². The Hall–Kier alpha value is -1.19. The Labute approximate surface area is 101 Å². The molecule has 4 heteroatoms. The molecule has 0 unspecified atom stereocenters. The lowest BCUT2D eigenvalue weighted by atomic mass is 9.88. The summed E-state index contributed by atoms with van der Waals surface area (Å²) in [6, 6.07) is 6.11.